The fourth-order valence-electron chi connectivity index (χ4n) is 17.7. The molecule has 0 radical (unpaired) electrons. The highest BCUT2D eigenvalue weighted by molar-refractivity contribution is 8.00. The molecular formula is C94H104F13N29O2S4. The zero-order valence-electron chi connectivity index (χ0n) is 76.8. The normalized spacial score (nSPS) is 18.4. The fraction of sp³-hybridized carbons (Fsp3) is 0.383. The summed E-state index contributed by atoms with van der Waals surface area (Å²) in [5.74, 6) is 6.73. The number of pyridine rings is 2. The molecule has 9 N–H and O–H groups in total. The Balaban J connectivity index is 0.000000154. The van der Waals surface area contributed by atoms with Crippen molar-refractivity contribution in [3.63, 3.8) is 0 Å². The van der Waals surface area contributed by atoms with Gasteiger partial charge < -0.3 is 54.8 Å². The number of imidazole rings is 2. The predicted molar refractivity (Wildman–Crippen MR) is 524 cm³/mol. The lowest BCUT2D eigenvalue weighted by molar-refractivity contribution is -0.141. The number of H-pyrrole nitrogens is 4. The van der Waals surface area contributed by atoms with Gasteiger partial charge in [-0.1, -0.05) is 12.1 Å². The average Bonchev–Trinajstić information content (AvgIpc) is 1.60. The molecule has 142 heavy (non-hydrogen) atoms. The Morgan fingerprint density at radius 2 is 0.887 bits per heavy atom. The van der Waals surface area contributed by atoms with E-state index in [1.807, 2.05) is 103 Å². The highest BCUT2D eigenvalue weighted by atomic mass is 32.2. The molecule has 3 aromatic carbocycles. The molecule has 15 heterocycles. The molecule has 5 saturated carbocycles. The van der Waals surface area contributed by atoms with Crippen molar-refractivity contribution in [2.24, 2.45) is 30.7 Å². The van der Waals surface area contributed by atoms with E-state index in [1.165, 1.54) is 63.3 Å². The van der Waals surface area contributed by atoms with Crippen LogP contribution in [0.5, 0.6) is 0 Å². The van der Waals surface area contributed by atoms with E-state index in [-0.39, 0.29) is 87.1 Å². The number of fused-ring (bicyclic) bond motifs is 3. The molecule has 3 saturated heterocycles. The number of halogens is 13. The zero-order valence-corrected chi connectivity index (χ0v) is 80.0. The summed E-state index contributed by atoms with van der Waals surface area (Å²) in [4.78, 5) is 77.5. The van der Waals surface area contributed by atoms with Crippen molar-refractivity contribution in [1.29, 1.82) is 0 Å². The Bertz CT molecular complexity index is 7340. The summed E-state index contributed by atoms with van der Waals surface area (Å²) >= 11 is 5.04. The van der Waals surface area contributed by atoms with Crippen molar-refractivity contribution in [1.82, 2.24) is 104 Å². The lowest BCUT2D eigenvalue weighted by Crippen LogP contribution is -2.60. The van der Waals surface area contributed by atoms with E-state index in [4.69, 9.17) is 4.98 Å². The number of carbonyl (C=O) groups is 1. The second-order valence-electron chi connectivity index (χ2n) is 37.3. The molecule has 48 heteroatoms. The Hall–Kier alpha value is -13.3. The first-order chi connectivity index (χ1) is 67.6. The van der Waals surface area contributed by atoms with Gasteiger partial charge in [-0.15, -0.1) is 0 Å². The van der Waals surface area contributed by atoms with E-state index in [0.29, 0.717) is 147 Å². The number of hydrogen-bond acceptors (Lipinski definition) is 27. The number of hydrogen-bond donors (Lipinski definition) is 9. The maximum atomic E-state index is 15.1. The first-order valence-corrected chi connectivity index (χ1v) is 49.0. The Labute approximate surface area is 827 Å². The van der Waals surface area contributed by atoms with Gasteiger partial charge in [-0.2, -0.15) is 59.9 Å². The van der Waals surface area contributed by atoms with Gasteiger partial charge in [0.2, 0.25) is 5.91 Å². The van der Waals surface area contributed by atoms with Gasteiger partial charge in [0.25, 0.3) is 5.56 Å². The smallest absolute Gasteiger partial charge is 0.350 e. The molecule has 3 aliphatic heterocycles. The number of anilines is 12. The van der Waals surface area contributed by atoms with Crippen LogP contribution in [0.15, 0.2) is 191 Å². The summed E-state index contributed by atoms with van der Waals surface area (Å²) in [6.07, 6.45) is -2.36. The van der Waals surface area contributed by atoms with Crippen LogP contribution in [-0.2, 0) is 31.0 Å². The van der Waals surface area contributed by atoms with Crippen LogP contribution in [0, 0.1) is 51.4 Å². The summed E-state index contributed by atoms with van der Waals surface area (Å²) in [7, 11) is 1.58. The minimum atomic E-state index is -4.52. The molecule has 0 bridgehead atoms. The maximum Gasteiger partial charge on any atom is 0.434 e. The van der Waals surface area contributed by atoms with E-state index < -0.39 is 65.4 Å². The van der Waals surface area contributed by atoms with Crippen LogP contribution in [0.2, 0.25) is 0 Å². The van der Waals surface area contributed by atoms with Gasteiger partial charge in [0, 0.05) is 149 Å². The number of benzene rings is 3. The zero-order chi connectivity index (χ0) is 99.3. The van der Waals surface area contributed by atoms with Crippen LogP contribution >= 0.6 is 47.0 Å². The molecule has 31 nitrogen and oxygen atoms in total. The largest absolute Gasteiger partial charge is 0.434 e. The highest BCUT2D eigenvalue weighted by Gasteiger charge is 2.58. The van der Waals surface area contributed by atoms with E-state index in [9.17, 15) is 57.9 Å². The molecule has 0 unspecified atom stereocenters. The molecular weight excluding hydrogens is 1940 g/mol. The third-order valence-electron chi connectivity index (χ3n) is 25.5. The first kappa shape index (κ1) is 96.3. The molecule has 0 atom stereocenters. The molecule has 5 aliphatic carbocycles. The van der Waals surface area contributed by atoms with E-state index in [2.05, 4.69) is 112 Å². The predicted octanol–water partition coefficient (Wildman–Crippen LogP) is 22.4. The van der Waals surface area contributed by atoms with Crippen molar-refractivity contribution >= 4 is 150 Å². The Kier molecular flexibility index (Phi) is 25.7. The van der Waals surface area contributed by atoms with Crippen LogP contribution in [0.4, 0.5) is 127 Å². The van der Waals surface area contributed by atoms with Crippen LogP contribution in [0.1, 0.15) is 126 Å². The number of carbonyl (C=O) groups excluding carboxylic acids is 1. The number of amides is 1. The third-order valence-corrected chi connectivity index (χ3v) is 28.9. The van der Waals surface area contributed by atoms with Crippen LogP contribution < -0.4 is 46.8 Å². The number of aryl methyl sites for hydroxylation is 5. The van der Waals surface area contributed by atoms with Crippen molar-refractivity contribution in [2.75, 3.05) is 80.6 Å². The second-order valence-corrected chi connectivity index (χ2v) is 41.5. The molecule has 15 aromatic rings. The lowest BCUT2D eigenvalue weighted by atomic mass is 9.68. The second kappa shape index (κ2) is 37.9. The average molecular weight is 2050 g/mol. The van der Waals surface area contributed by atoms with Gasteiger partial charge in [0.05, 0.1) is 56.0 Å². The summed E-state index contributed by atoms with van der Waals surface area (Å²) in [6, 6.07) is 36.9. The highest BCUT2D eigenvalue weighted by Crippen LogP contribution is 2.59. The van der Waals surface area contributed by atoms with Crippen molar-refractivity contribution in [3.05, 3.63) is 196 Å². The Morgan fingerprint density at radius 3 is 1.32 bits per heavy atom. The van der Waals surface area contributed by atoms with Crippen LogP contribution in [-0.4, -0.2) is 184 Å². The van der Waals surface area contributed by atoms with Gasteiger partial charge in [-0.05, 0) is 235 Å². The molecule has 8 fully saturated rings. The SMILES string of the molecule is CC(=O)Nc1cccc(Sc2nc(Nc3cc(C)[nH]n3)cc(N3CC(F)(C4CC4)C3)n2)c1.Cc1cc(Nc2cc(C3CC(F)(C4CC4)C3)nc(Sc3ccc4nc(CC(F)(F)F)n(C)c4c3)n2)n[nH]1.Cc1cc(Nc2cc(N3CC(F)(C4CC4)C3)nc(Sc3ccc4ccn(CC(F)(F)F)c(=O)c4c3)n2)n[nH]1.Cc1cc(Nc2cc(N3CC(F)(C4CC4)C3)nc(Sc3ccc4nc(C(F)(F)F)cn4c3)n2)n[nH]1.[HH].[HH].[HH].[HH].[HH].[HH]. The van der Waals surface area contributed by atoms with Crippen molar-refractivity contribution in [3.8, 4) is 0 Å². The summed E-state index contributed by atoms with van der Waals surface area (Å²) in [5.41, 5.74) is 0.0704. The number of aromatic amines is 4. The standard InChI is InChI=1S/C25H23F4N7OS.C25H25F4N7S.C22H20F4N8S.C22H24FN7OS.6H2/c1-14-8-20(34-33-14)30-19-10-21(36-11-24(26,12-36)16-3-4-16)32-23(31-19)38-17-5-2-15-6-7-35(13-25(27,28)29)22(37)18(15)9-17;1-13-7-21(35-34-13)32-20-9-18(14-10-24(26,11-14)15-3-4-15)31-23(33-20)37-16-5-6-17-19(8-16)36(2)22(30-17)12-25(27,28)29;1-12-6-17(32-31-12)28-16-7-19(34-10-21(23,11-34)13-2-3-13)30-20(29-16)35-14-4-5-18-27-15(22(24,25)26)9-33(18)8-14;1-13-8-19(29-28-13)25-18-10-20(30-11-22(23,12-30)15-6-7-15)27-21(26-18)32-17-5-3-4-16(9-17)24-14(2)31;;;;;;/h2,5-10,16H,3-4,11-13H2,1H3,(H2,30,31,32,33,34);5-9,14-15H,3-4,10-12H2,1-2H3,(H2,31,32,33,34,35);4-9,13H,2-3,10-11H2,1H3,(H2,28,29,30,31,32);3-5,8-10,15H,6-7,11-12H2,1-2H3,(H,24,31)(H2,25,26,27,28,29);6*1H. The number of nitrogens with one attached hydrogen (secondary N) is 9. The van der Waals surface area contributed by atoms with Gasteiger partial charge in [0.1, 0.15) is 87.8 Å². The van der Waals surface area contributed by atoms with Crippen LogP contribution in [0.25, 0.3) is 27.5 Å². The van der Waals surface area contributed by atoms with E-state index in [0.717, 1.165) is 114 Å². The maximum absolute atomic E-state index is 15.1. The molecule has 1 amide bonds. The van der Waals surface area contributed by atoms with E-state index >= 15 is 8.78 Å². The lowest BCUT2D eigenvalue weighted by Gasteiger charge is -2.45. The van der Waals surface area contributed by atoms with Gasteiger partial charge >= 0.3 is 18.5 Å². The minimum absolute atomic E-state index is 0. The first-order valence-electron chi connectivity index (χ1n) is 45.7. The summed E-state index contributed by atoms with van der Waals surface area (Å²) in [5, 5.41) is 46.1. The number of nitrogens with zero attached hydrogens (tertiary/aromatic N) is 20. The van der Waals surface area contributed by atoms with Gasteiger partial charge in [-0.3, -0.25) is 30.0 Å². The summed E-state index contributed by atoms with van der Waals surface area (Å²) < 4.78 is 180. The van der Waals surface area contributed by atoms with Gasteiger partial charge in [0.15, 0.2) is 49.6 Å². The Morgan fingerprint density at radius 1 is 0.458 bits per heavy atom. The molecule has 0 spiro atoms. The minimum Gasteiger partial charge on any atom is -0.350 e. The fourth-order valence-corrected chi connectivity index (χ4v) is 20.9. The number of alkyl halides is 13. The number of aromatic nitrogens is 21. The molecule has 23 rings (SSSR count). The van der Waals surface area contributed by atoms with Gasteiger partial charge in [-0.25, -0.2) is 67.4 Å². The topological polar surface area (TPSA) is 362 Å². The summed E-state index contributed by atoms with van der Waals surface area (Å²) in [6.45, 7) is 9.46. The molecule has 12 aromatic heterocycles. The van der Waals surface area contributed by atoms with Crippen LogP contribution in [0.3, 0.4) is 0 Å². The molecule has 8 aliphatic rings. The quantitative estimate of drug-likeness (QED) is 0.0171. The van der Waals surface area contributed by atoms with Crippen molar-refractivity contribution < 1.29 is 70.4 Å². The van der Waals surface area contributed by atoms with Crippen molar-refractivity contribution in [2.45, 2.75) is 199 Å². The monoisotopic (exact) mass is 2050 g/mol. The number of rotatable bonds is 27. The third kappa shape index (κ3) is 22.8. The van der Waals surface area contributed by atoms with E-state index in [1.54, 1.807) is 67.8 Å². The molecule has 752 valence electrons.